The van der Waals surface area contributed by atoms with Gasteiger partial charge in [-0.3, -0.25) is 0 Å². The van der Waals surface area contributed by atoms with Crippen molar-refractivity contribution in [3.8, 4) is 0 Å². The minimum absolute atomic E-state index is 0.727. The first-order chi connectivity index (χ1) is 9.05. The molecule has 1 heterocycles. The third kappa shape index (κ3) is 2.51. The van der Waals surface area contributed by atoms with Crippen molar-refractivity contribution in [2.45, 2.75) is 51.6 Å². The monoisotopic (exact) mass is 259 g/mol. The van der Waals surface area contributed by atoms with Crippen LogP contribution in [0.4, 0.5) is 5.69 Å². The summed E-state index contributed by atoms with van der Waals surface area (Å²) in [5.74, 6) is 0.886. The number of hydrogen-bond donors (Lipinski definition) is 1. The second kappa shape index (κ2) is 4.82. The van der Waals surface area contributed by atoms with Gasteiger partial charge in [-0.2, -0.15) is 0 Å². The van der Waals surface area contributed by atoms with Crippen LogP contribution in [-0.4, -0.2) is 18.2 Å². The SMILES string of the molecule is CC(C)(O)c1cccc2c1CCN2CC1CCCC1. The smallest absolute Gasteiger partial charge is 0.0843 e. The molecule has 1 fully saturated rings. The first-order valence-corrected chi connectivity index (χ1v) is 7.65. The van der Waals surface area contributed by atoms with Crippen molar-refractivity contribution in [1.82, 2.24) is 0 Å². The Morgan fingerprint density at radius 2 is 2.00 bits per heavy atom. The van der Waals surface area contributed by atoms with E-state index in [1.165, 1.54) is 43.5 Å². The summed E-state index contributed by atoms with van der Waals surface area (Å²) in [6, 6.07) is 6.41. The van der Waals surface area contributed by atoms with Gasteiger partial charge < -0.3 is 10.0 Å². The Bertz CT molecular complexity index is 455. The molecule has 1 aromatic rings. The van der Waals surface area contributed by atoms with Gasteiger partial charge in [-0.25, -0.2) is 0 Å². The van der Waals surface area contributed by atoms with Gasteiger partial charge in [0.15, 0.2) is 0 Å². The van der Waals surface area contributed by atoms with Crippen molar-refractivity contribution in [2.75, 3.05) is 18.0 Å². The van der Waals surface area contributed by atoms with Crippen LogP contribution in [0, 0.1) is 5.92 Å². The maximum Gasteiger partial charge on any atom is 0.0843 e. The van der Waals surface area contributed by atoms with Crippen molar-refractivity contribution < 1.29 is 5.11 Å². The van der Waals surface area contributed by atoms with E-state index in [4.69, 9.17) is 0 Å². The number of aliphatic hydroxyl groups is 1. The summed E-state index contributed by atoms with van der Waals surface area (Å²) in [5, 5.41) is 10.3. The lowest BCUT2D eigenvalue weighted by Crippen LogP contribution is -2.26. The average molecular weight is 259 g/mol. The summed E-state index contributed by atoms with van der Waals surface area (Å²) < 4.78 is 0. The number of nitrogens with zero attached hydrogens (tertiary/aromatic N) is 1. The van der Waals surface area contributed by atoms with Crippen molar-refractivity contribution >= 4 is 5.69 Å². The van der Waals surface area contributed by atoms with Crippen LogP contribution in [0.25, 0.3) is 0 Å². The van der Waals surface area contributed by atoms with Gasteiger partial charge >= 0.3 is 0 Å². The third-order valence-corrected chi connectivity index (χ3v) is 4.74. The number of benzene rings is 1. The molecule has 0 spiro atoms. The Morgan fingerprint density at radius 3 is 2.68 bits per heavy atom. The zero-order chi connectivity index (χ0) is 13.5. The second-order valence-electron chi connectivity index (χ2n) is 6.71. The van der Waals surface area contributed by atoms with Gasteiger partial charge in [-0.1, -0.05) is 25.0 Å². The first-order valence-electron chi connectivity index (χ1n) is 7.65. The van der Waals surface area contributed by atoms with E-state index in [2.05, 4.69) is 23.1 Å². The predicted octanol–water partition coefficient (Wildman–Crippen LogP) is 3.47. The van der Waals surface area contributed by atoms with E-state index in [0.29, 0.717) is 0 Å². The summed E-state index contributed by atoms with van der Waals surface area (Å²) in [6.07, 6.45) is 6.71. The molecule has 1 aliphatic heterocycles. The molecule has 1 saturated carbocycles. The van der Waals surface area contributed by atoms with Gasteiger partial charge in [0.25, 0.3) is 0 Å². The summed E-state index contributed by atoms with van der Waals surface area (Å²) in [7, 11) is 0. The van der Waals surface area contributed by atoms with Crippen LogP contribution in [-0.2, 0) is 12.0 Å². The molecule has 1 N–H and O–H groups in total. The van der Waals surface area contributed by atoms with Crippen LogP contribution in [0.1, 0.15) is 50.7 Å². The molecule has 2 nitrogen and oxygen atoms in total. The van der Waals surface area contributed by atoms with E-state index in [-0.39, 0.29) is 0 Å². The van der Waals surface area contributed by atoms with E-state index in [1.54, 1.807) is 0 Å². The molecule has 1 aliphatic carbocycles. The number of rotatable bonds is 3. The number of fused-ring (bicyclic) bond motifs is 1. The van der Waals surface area contributed by atoms with Gasteiger partial charge in [0.05, 0.1) is 5.60 Å². The van der Waals surface area contributed by atoms with Crippen LogP contribution in [0.2, 0.25) is 0 Å². The van der Waals surface area contributed by atoms with Gasteiger partial charge in [-0.05, 0) is 56.2 Å². The molecule has 104 valence electrons. The van der Waals surface area contributed by atoms with Crippen LogP contribution in [0.15, 0.2) is 18.2 Å². The van der Waals surface area contributed by atoms with Crippen LogP contribution in [0.5, 0.6) is 0 Å². The highest BCUT2D eigenvalue weighted by molar-refractivity contribution is 5.61. The number of hydrogen-bond acceptors (Lipinski definition) is 2. The van der Waals surface area contributed by atoms with Crippen molar-refractivity contribution in [3.05, 3.63) is 29.3 Å². The molecular formula is C17H25NO. The Balaban J connectivity index is 1.84. The van der Waals surface area contributed by atoms with Crippen molar-refractivity contribution in [1.29, 1.82) is 0 Å². The Hall–Kier alpha value is -1.02. The minimum atomic E-state index is -0.727. The van der Waals surface area contributed by atoms with Gasteiger partial charge in [0, 0.05) is 18.8 Å². The highest BCUT2D eigenvalue weighted by Gasteiger charge is 2.29. The largest absolute Gasteiger partial charge is 0.386 e. The normalized spacial score (nSPS) is 20.1. The molecule has 1 aromatic carbocycles. The van der Waals surface area contributed by atoms with Crippen molar-refractivity contribution in [3.63, 3.8) is 0 Å². The maximum atomic E-state index is 10.3. The zero-order valence-corrected chi connectivity index (χ0v) is 12.2. The molecule has 2 aliphatic rings. The fourth-order valence-electron chi connectivity index (χ4n) is 3.77. The highest BCUT2D eigenvalue weighted by Crippen LogP contribution is 2.37. The Morgan fingerprint density at radius 1 is 1.26 bits per heavy atom. The molecule has 2 heteroatoms. The lowest BCUT2D eigenvalue weighted by atomic mass is 9.92. The average Bonchev–Trinajstić information content (AvgIpc) is 2.98. The maximum absolute atomic E-state index is 10.3. The van der Waals surface area contributed by atoms with E-state index in [0.717, 1.165) is 24.4 Å². The standard InChI is InChI=1S/C17H25NO/c1-17(2,19)15-8-5-9-16-14(15)10-11-18(16)12-13-6-3-4-7-13/h5,8-9,13,19H,3-4,6-7,10-12H2,1-2H3. The lowest BCUT2D eigenvalue weighted by molar-refractivity contribution is 0.0778. The van der Waals surface area contributed by atoms with E-state index >= 15 is 0 Å². The lowest BCUT2D eigenvalue weighted by Gasteiger charge is -2.25. The fraction of sp³-hybridized carbons (Fsp3) is 0.647. The zero-order valence-electron chi connectivity index (χ0n) is 12.2. The second-order valence-corrected chi connectivity index (χ2v) is 6.71. The fourth-order valence-corrected chi connectivity index (χ4v) is 3.77. The third-order valence-electron chi connectivity index (χ3n) is 4.74. The first kappa shape index (κ1) is 13.0. The van der Waals surface area contributed by atoms with Crippen molar-refractivity contribution in [2.24, 2.45) is 5.92 Å². The van der Waals surface area contributed by atoms with Crippen LogP contribution in [0.3, 0.4) is 0 Å². The summed E-state index contributed by atoms with van der Waals surface area (Å²) >= 11 is 0. The minimum Gasteiger partial charge on any atom is -0.386 e. The summed E-state index contributed by atoms with van der Waals surface area (Å²) in [6.45, 7) is 6.12. The number of anilines is 1. The molecule has 0 saturated heterocycles. The topological polar surface area (TPSA) is 23.5 Å². The molecule has 3 rings (SSSR count). The van der Waals surface area contributed by atoms with Crippen LogP contribution < -0.4 is 4.90 Å². The molecule has 0 radical (unpaired) electrons. The quantitative estimate of drug-likeness (QED) is 0.898. The molecule has 0 aromatic heterocycles. The predicted molar refractivity (Wildman–Crippen MR) is 79.6 cm³/mol. The van der Waals surface area contributed by atoms with Gasteiger partial charge in [-0.15, -0.1) is 0 Å². The Kier molecular flexibility index (Phi) is 3.30. The van der Waals surface area contributed by atoms with E-state index < -0.39 is 5.60 Å². The van der Waals surface area contributed by atoms with E-state index in [1.807, 2.05) is 13.8 Å². The van der Waals surface area contributed by atoms with E-state index in [9.17, 15) is 5.11 Å². The molecule has 0 bridgehead atoms. The molecule has 0 amide bonds. The molecule has 19 heavy (non-hydrogen) atoms. The highest BCUT2D eigenvalue weighted by atomic mass is 16.3. The van der Waals surface area contributed by atoms with Crippen LogP contribution >= 0.6 is 0 Å². The van der Waals surface area contributed by atoms with Gasteiger partial charge in [0.2, 0.25) is 0 Å². The summed E-state index contributed by atoms with van der Waals surface area (Å²) in [5.41, 5.74) is 3.12. The summed E-state index contributed by atoms with van der Waals surface area (Å²) in [4.78, 5) is 2.54. The molecular weight excluding hydrogens is 234 g/mol. The Labute approximate surface area is 116 Å². The van der Waals surface area contributed by atoms with Gasteiger partial charge in [0.1, 0.15) is 0 Å². The molecule has 0 unspecified atom stereocenters. The molecule has 0 atom stereocenters.